The molecular weight excluding hydrogens is 272 g/mol. The van der Waals surface area contributed by atoms with Crippen LogP contribution in [0.1, 0.15) is 11.1 Å². The van der Waals surface area contributed by atoms with E-state index in [2.05, 4.69) is 23.7 Å². The highest BCUT2D eigenvalue weighted by atomic mass is 32.2. The van der Waals surface area contributed by atoms with Gasteiger partial charge in [-0.15, -0.1) is 11.8 Å². The van der Waals surface area contributed by atoms with Crippen LogP contribution >= 0.6 is 24.0 Å². The van der Waals surface area contributed by atoms with Crippen LogP contribution in [0, 0.1) is 6.92 Å². The minimum atomic E-state index is 0.409. The summed E-state index contributed by atoms with van der Waals surface area (Å²) in [5, 5.41) is 3.42. The lowest BCUT2D eigenvalue weighted by Crippen LogP contribution is -2.12. The topological polar surface area (TPSA) is 38.0 Å². The van der Waals surface area contributed by atoms with Crippen LogP contribution in [0.15, 0.2) is 47.4 Å². The Hall–Kier alpha value is -1.52. The molecule has 3 N–H and O–H groups in total. The van der Waals surface area contributed by atoms with Crippen LogP contribution in [-0.2, 0) is 0 Å². The Morgan fingerprint density at radius 3 is 2.63 bits per heavy atom. The Labute approximate surface area is 123 Å². The molecule has 2 aromatic carbocycles. The lowest BCUT2D eigenvalue weighted by Gasteiger charge is -2.14. The number of hydrogen-bond donors (Lipinski definition) is 2. The molecule has 0 aliphatic heterocycles. The summed E-state index contributed by atoms with van der Waals surface area (Å²) in [6, 6.07) is 14.2. The first kappa shape index (κ1) is 13.9. The van der Waals surface area contributed by atoms with Gasteiger partial charge in [-0.3, -0.25) is 0 Å². The van der Waals surface area contributed by atoms with E-state index >= 15 is 0 Å². The maximum absolute atomic E-state index is 5.78. The third-order valence-corrected chi connectivity index (χ3v) is 3.82. The Kier molecular flexibility index (Phi) is 4.45. The molecule has 0 unspecified atom stereocenters. The number of nitrogens with two attached hydrogens (primary N) is 1. The molecule has 0 amide bonds. The van der Waals surface area contributed by atoms with Crippen LogP contribution in [0.25, 0.3) is 0 Å². The highest BCUT2D eigenvalue weighted by molar-refractivity contribution is 7.98. The van der Waals surface area contributed by atoms with E-state index < -0.39 is 0 Å². The van der Waals surface area contributed by atoms with Gasteiger partial charge in [-0.2, -0.15) is 0 Å². The maximum Gasteiger partial charge on any atom is 0.106 e. The van der Waals surface area contributed by atoms with Crippen LogP contribution in [0.3, 0.4) is 0 Å². The first-order valence-electron chi connectivity index (χ1n) is 5.92. The SMILES string of the molecule is CSc1cccc(Nc2c(C)cccc2C(N)=S)c1. The Morgan fingerprint density at radius 1 is 1.21 bits per heavy atom. The second kappa shape index (κ2) is 6.08. The van der Waals surface area contributed by atoms with Crippen molar-refractivity contribution < 1.29 is 0 Å². The van der Waals surface area contributed by atoms with E-state index in [9.17, 15) is 0 Å². The molecule has 0 fully saturated rings. The molecule has 0 spiro atoms. The van der Waals surface area contributed by atoms with Crippen LogP contribution in [0.4, 0.5) is 11.4 Å². The van der Waals surface area contributed by atoms with Gasteiger partial charge in [-0.25, -0.2) is 0 Å². The highest BCUT2D eigenvalue weighted by Gasteiger charge is 2.08. The van der Waals surface area contributed by atoms with Crippen molar-refractivity contribution in [2.24, 2.45) is 5.73 Å². The van der Waals surface area contributed by atoms with Gasteiger partial charge in [-0.05, 0) is 43.0 Å². The second-order valence-electron chi connectivity index (χ2n) is 4.22. The highest BCUT2D eigenvalue weighted by Crippen LogP contribution is 2.27. The van der Waals surface area contributed by atoms with Crippen molar-refractivity contribution in [3.63, 3.8) is 0 Å². The summed E-state index contributed by atoms with van der Waals surface area (Å²) in [7, 11) is 0. The maximum atomic E-state index is 5.78. The predicted octanol–water partition coefficient (Wildman–Crippen LogP) is 4.09. The van der Waals surface area contributed by atoms with Gasteiger partial charge in [0, 0.05) is 16.1 Å². The number of thiocarbonyl (C=S) groups is 1. The standard InChI is InChI=1S/C15H16N2S2/c1-10-5-3-8-13(15(16)18)14(10)17-11-6-4-7-12(9-11)19-2/h3-9,17H,1-2H3,(H2,16,18). The van der Waals surface area contributed by atoms with Crippen LogP contribution in [0.2, 0.25) is 0 Å². The van der Waals surface area contributed by atoms with Crippen molar-refractivity contribution in [3.05, 3.63) is 53.6 Å². The summed E-state index contributed by atoms with van der Waals surface area (Å²) in [6.45, 7) is 2.04. The van der Waals surface area contributed by atoms with Gasteiger partial charge in [0.15, 0.2) is 0 Å². The third-order valence-electron chi connectivity index (χ3n) is 2.88. The smallest absolute Gasteiger partial charge is 0.106 e. The minimum absolute atomic E-state index is 0.409. The molecule has 0 aliphatic carbocycles. The van der Waals surface area contributed by atoms with Crippen LogP contribution < -0.4 is 11.1 Å². The van der Waals surface area contributed by atoms with E-state index in [0.717, 1.165) is 22.5 Å². The number of nitrogens with one attached hydrogen (secondary N) is 1. The summed E-state index contributed by atoms with van der Waals surface area (Å²) in [5.41, 5.74) is 9.80. The van der Waals surface area contributed by atoms with Crippen molar-refractivity contribution >= 4 is 40.3 Å². The number of aryl methyl sites for hydroxylation is 1. The zero-order valence-corrected chi connectivity index (χ0v) is 12.6. The fraction of sp³-hybridized carbons (Fsp3) is 0.133. The molecule has 0 atom stereocenters. The van der Waals surface area contributed by atoms with Gasteiger partial charge in [0.2, 0.25) is 0 Å². The number of hydrogen-bond acceptors (Lipinski definition) is 3. The second-order valence-corrected chi connectivity index (χ2v) is 5.54. The fourth-order valence-electron chi connectivity index (χ4n) is 1.88. The summed E-state index contributed by atoms with van der Waals surface area (Å²) in [6.07, 6.45) is 2.06. The molecule has 2 aromatic rings. The lowest BCUT2D eigenvalue weighted by atomic mass is 10.1. The number of anilines is 2. The molecule has 19 heavy (non-hydrogen) atoms. The largest absolute Gasteiger partial charge is 0.389 e. The van der Waals surface area contributed by atoms with Crippen molar-refractivity contribution in [1.29, 1.82) is 0 Å². The molecule has 0 aromatic heterocycles. The number of benzene rings is 2. The molecule has 0 bridgehead atoms. The summed E-state index contributed by atoms with van der Waals surface area (Å²) in [5.74, 6) is 0. The number of thioether (sulfide) groups is 1. The quantitative estimate of drug-likeness (QED) is 0.656. The van der Waals surface area contributed by atoms with Crippen LogP contribution in [0.5, 0.6) is 0 Å². The predicted molar refractivity (Wildman–Crippen MR) is 88.6 cm³/mol. The monoisotopic (exact) mass is 288 g/mol. The number of para-hydroxylation sites is 1. The molecule has 98 valence electrons. The zero-order valence-electron chi connectivity index (χ0n) is 10.9. The van der Waals surface area contributed by atoms with Crippen molar-refractivity contribution in [3.8, 4) is 0 Å². The van der Waals surface area contributed by atoms with Crippen LogP contribution in [-0.4, -0.2) is 11.2 Å². The Balaban J connectivity index is 2.40. The molecule has 2 nitrogen and oxygen atoms in total. The van der Waals surface area contributed by atoms with Gasteiger partial charge < -0.3 is 11.1 Å². The summed E-state index contributed by atoms with van der Waals surface area (Å²) < 4.78 is 0. The van der Waals surface area contributed by atoms with Gasteiger partial charge in [0.25, 0.3) is 0 Å². The fourth-order valence-corrected chi connectivity index (χ4v) is 2.51. The molecule has 0 saturated carbocycles. The lowest BCUT2D eigenvalue weighted by molar-refractivity contribution is 1.39. The van der Waals surface area contributed by atoms with Crippen molar-refractivity contribution in [2.75, 3.05) is 11.6 Å². The molecule has 0 saturated heterocycles. The minimum Gasteiger partial charge on any atom is -0.389 e. The molecule has 4 heteroatoms. The Bertz CT molecular complexity index is 609. The van der Waals surface area contributed by atoms with E-state index in [1.165, 1.54) is 4.90 Å². The molecule has 0 radical (unpaired) electrons. The molecule has 0 aliphatic rings. The van der Waals surface area contributed by atoms with E-state index in [-0.39, 0.29) is 0 Å². The first-order chi connectivity index (χ1) is 9.11. The van der Waals surface area contributed by atoms with Gasteiger partial charge in [0.05, 0.1) is 5.69 Å². The molecular formula is C15H16N2S2. The Morgan fingerprint density at radius 2 is 1.95 bits per heavy atom. The average Bonchev–Trinajstić information content (AvgIpc) is 2.41. The van der Waals surface area contributed by atoms with Crippen molar-refractivity contribution in [2.45, 2.75) is 11.8 Å². The van der Waals surface area contributed by atoms with E-state index in [1.807, 2.05) is 37.3 Å². The van der Waals surface area contributed by atoms with E-state index in [1.54, 1.807) is 11.8 Å². The first-order valence-corrected chi connectivity index (χ1v) is 7.55. The van der Waals surface area contributed by atoms with E-state index in [0.29, 0.717) is 4.99 Å². The number of rotatable bonds is 4. The summed E-state index contributed by atoms with van der Waals surface area (Å²) in [4.78, 5) is 1.63. The van der Waals surface area contributed by atoms with E-state index in [4.69, 9.17) is 18.0 Å². The molecule has 0 heterocycles. The van der Waals surface area contributed by atoms with Gasteiger partial charge in [-0.1, -0.05) is 30.4 Å². The average molecular weight is 288 g/mol. The van der Waals surface area contributed by atoms with Crippen molar-refractivity contribution in [1.82, 2.24) is 0 Å². The third kappa shape index (κ3) is 3.28. The molecule has 2 rings (SSSR count). The van der Waals surface area contributed by atoms with Gasteiger partial charge >= 0.3 is 0 Å². The normalized spacial score (nSPS) is 10.2. The summed E-state index contributed by atoms with van der Waals surface area (Å²) >= 11 is 6.83. The zero-order chi connectivity index (χ0) is 13.8. The van der Waals surface area contributed by atoms with Gasteiger partial charge in [0.1, 0.15) is 4.99 Å².